The molecule has 0 aliphatic heterocycles. The van der Waals surface area contributed by atoms with Crippen molar-refractivity contribution in [2.45, 2.75) is 26.4 Å². The van der Waals surface area contributed by atoms with Crippen LogP contribution in [0.3, 0.4) is 0 Å². The molecule has 6 nitrogen and oxygen atoms in total. The lowest BCUT2D eigenvalue weighted by atomic mass is 10.1. The van der Waals surface area contributed by atoms with Crippen molar-refractivity contribution in [2.24, 2.45) is 0 Å². The molecule has 2 aromatic carbocycles. The number of aromatic nitrogens is 4. The third kappa shape index (κ3) is 4.54. The van der Waals surface area contributed by atoms with Crippen LogP contribution in [0.15, 0.2) is 85.1 Å². The van der Waals surface area contributed by atoms with Crippen LogP contribution in [-0.4, -0.2) is 26.9 Å². The molecule has 5 rings (SSSR count). The molecule has 170 valence electrons. The van der Waals surface area contributed by atoms with E-state index in [0.29, 0.717) is 0 Å². The third-order valence-corrected chi connectivity index (χ3v) is 5.94. The minimum absolute atomic E-state index is 0.104. The van der Waals surface area contributed by atoms with Gasteiger partial charge in [0, 0.05) is 29.2 Å². The molecule has 0 aliphatic rings. The van der Waals surface area contributed by atoms with Crippen LogP contribution >= 0.6 is 0 Å². The Hall–Kier alpha value is -4.03. The highest BCUT2D eigenvalue weighted by molar-refractivity contribution is 5.84. The number of hydrogen-bond acceptors (Lipinski definition) is 5. The van der Waals surface area contributed by atoms with E-state index in [4.69, 9.17) is 9.72 Å². The van der Waals surface area contributed by atoms with Crippen molar-refractivity contribution in [1.29, 1.82) is 0 Å². The standard InChI is InChI=1S/C28H27N5O/c1-19-6-4-9-28(31-19)33-27-16-22(12-13-23(27)18-30-33)26-8-5-7-25(32-26)20(2)29-17-21-10-14-24(34-3)15-11-21/h4-16,18,20,29H,17H2,1-3H3. The summed E-state index contributed by atoms with van der Waals surface area (Å²) in [6.07, 6.45) is 1.87. The highest BCUT2D eigenvalue weighted by Crippen LogP contribution is 2.26. The zero-order chi connectivity index (χ0) is 23.5. The summed E-state index contributed by atoms with van der Waals surface area (Å²) < 4.78 is 7.12. The second-order valence-electron chi connectivity index (χ2n) is 8.37. The van der Waals surface area contributed by atoms with Gasteiger partial charge in [-0.2, -0.15) is 5.10 Å². The number of nitrogens with zero attached hydrogens (tertiary/aromatic N) is 4. The van der Waals surface area contributed by atoms with E-state index in [1.54, 1.807) is 7.11 Å². The summed E-state index contributed by atoms with van der Waals surface area (Å²) in [5.41, 5.74) is 6.15. The summed E-state index contributed by atoms with van der Waals surface area (Å²) >= 11 is 0. The van der Waals surface area contributed by atoms with Crippen molar-refractivity contribution in [1.82, 2.24) is 25.1 Å². The molecule has 1 N–H and O–H groups in total. The van der Waals surface area contributed by atoms with Gasteiger partial charge in [0.2, 0.25) is 0 Å². The number of nitrogens with one attached hydrogen (secondary N) is 1. The van der Waals surface area contributed by atoms with Gasteiger partial charge in [0.25, 0.3) is 0 Å². The number of benzene rings is 2. The van der Waals surface area contributed by atoms with Gasteiger partial charge in [-0.15, -0.1) is 0 Å². The third-order valence-electron chi connectivity index (χ3n) is 5.94. The monoisotopic (exact) mass is 449 g/mol. The zero-order valence-electron chi connectivity index (χ0n) is 19.6. The number of fused-ring (bicyclic) bond motifs is 1. The molecule has 34 heavy (non-hydrogen) atoms. The summed E-state index contributed by atoms with van der Waals surface area (Å²) in [7, 11) is 1.68. The van der Waals surface area contributed by atoms with Crippen molar-refractivity contribution >= 4 is 10.9 Å². The number of rotatable bonds is 7. The summed E-state index contributed by atoms with van der Waals surface area (Å²) in [5, 5.41) is 9.20. The average Bonchev–Trinajstić information content (AvgIpc) is 3.31. The molecule has 0 saturated carbocycles. The molecule has 0 radical (unpaired) electrons. The van der Waals surface area contributed by atoms with Crippen LogP contribution in [0.2, 0.25) is 0 Å². The second kappa shape index (κ2) is 9.45. The molecule has 3 heterocycles. The van der Waals surface area contributed by atoms with Crippen molar-refractivity contribution in [3.05, 3.63) is 102 Å². The topological polar surface area (TPSA) is 64.9 Å². The van der Waals surface area contributed by atoms with Gasteiger partial charge in [-0.25, -0.2) is 9.67 Å². The largest absolute Gasteiger partial charge is 0.497 e. The molecular formula is C28H27N5O. The van der Waals surface area contributed by atoms with Crippen molar-refractivity contribution < 1.29 is 4.74 Å². The fourth-order valence-electron chi connectivity index (χ4n) is 3.98. The van der Waals surface area contributed by atoms with Gasteiger partial charge in [-0.3, -0.25) is 4.98 Å². The first kappa shape index (κ1) is 21.8. The highest BCUT2D eigenvalue weighted by atomic mass is 16.5. The molecule has 1 atom stereocenters. The lowest BCUT2D eigenvalue weighted by molar-refractivity contribution is 0.414. The van der Waals surface area contributed by atoms with Crippen molar-refractivity contribution in [3.8, 4) is 22.8 Å². The van der Waals surface area contributed by atoms with Gasteiger partial charge in [-0.1, -0.05) is 36.4 Å². The Morgan fingerprint density at radius 1 is 0.941 bits per heavy atom. The van der Waals surface area contributed by atoms with Crippen LogP contribution in [0.4, 0.5) is 0 Å². The maximum atomic E-state index is 5.24. The quantitative estimate of drug-likeness (QED) is 0.348. The van der Waals surface area contributed by atoms with E-state index in [2.05, 4.69) is 64.8 Å². The fourth-order valence-corrected chi connectivity index (χ4v) is 3.98. The predicted octanol–water partition coefficient (Wildman–Crippen LogP) is 5.65. The fraction of sp³-hybridized carbons (Fsp3) is 0.179. The Morgan fingerprint density at radius 2 is 1.76 bits per heavy atom. The second-order valence-corrected chi connectivity index (χ2v) is 8.37. The van der Waals surface area contributed by atoms with Gasteiger partial charge in [0.05, 0.1) is 30.2 Å². The average molecular weight is 450 g/mol. The van der Waals surface area contributed by atoms with E-state index in [0.717, 1.165) is 51.7 Å². The normalized spacial score (nSPS) is 12.1. The molecule has 0 fully saturated rings. The van der Waals surface area contributed by atoms with Crippen LogP contribution in [0.5, 0.6) is 5.75 Å². The minimum Gasteiger partial charge on any atom is -0.497 e. The number of hydrogen-bond donors (Lipinski definition) is 1. The number of ether oxygens (including phenoxy) is 1. The molecule has 3 aromatic heterocycles. The van der Waals surface area contributed by atoms with E-state index in [-0.39, 0.29) is 6.04 Å². The lowest BCUT2D eigenvalue weighted by Gasteiger charge is -2.15. The Balaban J connectivity index is 1.38. The van der Waals surface area contributed by atoms with Crippen molar-refractivity contribution in [2.75, 3.05) is 7.11 Å². The molecular weight excluding hydrogens is 422 g/mol. The smallest absolute Gasteiger partial charge is 0.154 e. The summed E-state index contributed by atoms with van der Waals surface area (Å²) in [5.74, 6) is 1.67. The molecule has 1 unspecified atom stereocenters. The Bertz CT molecular complexity index is 1420. The van der Waals surface area contributed by atoms with Crippen LogP contribution in [0, 0.1) is 6.92 Å². The number of methoxy groups -OCH3 is 1. The molecule has 0 bridgehead atoms. The zero-order valence-corrected chi connectivity index (χ0v) is 19.6. The van der Waals surface area contributed by atoms with E-state index in [9.17, 15) is 0 Å². The first-order valence-corrected chi connectivity index (χ1v) is 11.4. The van der Waals surface area contributed by atoms with Crippen LogP contribution in [0.25, 0.3) is 28.0 Å². The maximum Gasteiger partial charge on any atom is 0.154 e. The molecule has 0 aliphatic carbocycles. The highest BCUT2D eigenvalue weighted by Gasteiger charge is 2.11. The lowest BCUT2D eigenvalue weighted by Crippen LogP contribution is -2.19. The predicted molar refractivity (Wildman–Crippen MR) is 135 cm³/mol. The van der Waals surface area contributed by atoms with Gasteiger partial charge in [-0.05, 0) is 61.9 Å². The van der Waals surface area contributed by atoms with Crippen LogP contribution in [-0.2, 0) is 6.54 Å². The van der Waals surface area contributed by atoms with Gasteiger partial charge < -0.3 is 10.1 Å². The number of aryl methyl sites for hydroxylation is 1. The summed E-state index contributed by atoms with van der Waals surface area (Å²) in [4.78, 5) is 9.59. The summed E-state index contributed by atoms with van der Waals surface area (Å²) in [6, 6.07) is 26.7. The van der Waals surface area contributed by atoms with E-state index in [1.165, 1.54) is 5.56 Å². The van der Waals surface area contributed by atoms with Gasteiger partial charge in [0.15, 0.2) is 5.82 Å². The first-order valence-electron chi connectivity index (χ1n) is 11.4. The first-order chi connectivity index (χ1) is 16.6. The maximum absolute atomic E-state index is 5.24. The van der Waals surface area contributed by atoms with Crippen molar-refractivity contribution in [3.63, 3.8) is 0 Å². The van der Waals surface area contributed by atoms with E-state index < -0.39 is 0 Å². The Kier molecular flexibility index (Phi) is 6.06. The van der Waals surface area contributed by atoms with E-state index in [1.807, 2.05) is 54.2 Å². The van der Waals surface area contributed by atoms with E-state index >= 15 is 0 Å². The number of pyridine rings is 2. The van der Waals surface area contributed by atoms with Gasteiger partial charge >= 0.3 is 0 Å². The molecule has 0 saturated heterocycles. The SMILES string of the molecule is COc1ccc(CNC(C)c2cccc(-c3ccc4cnn(-c5cccc(C)n5)c4c3)n2)cc1. The Labute approximate surface area is 199 Å². The molecule has 6 heteroatoms. The Morgan fingerprint density at radius 3 is 2.56 bits per heavy atom. The minimum atomic E-state index is 0.104. The molecule has 5 aromatic rings. The van der Waals surface area contributed by atoms with Crippen LogP contribution < -0.4 is 10.1 Å². The van der Waals surface area contributed by atoms with Gasteiger partial charge in [0.1, 0.15) is 5.75 Å². The molecule has 0 spiro atoms. The molecule has 0 amide bonds. The summed E-state index contributed by atoms with van der Waals surface area (Å²) in [6.45, 7) is 4.88. The van der Waals surface area contributed by atoms with Crippen LogP contribution in [0.1, 0.15) is 29.9 Å².